The first kappa shape index (κ1) is 18.3. The highest BCUT2D eigenvalue weighted by Crippen LogP contribution is 2.31. The van der Waals surface area contributed by atoms with Crippen LogP contribution in [-0.2, 0) is 14.3 Å². The van der Waals surface area contributed by atoms with E-state index in [1.807, 2.05) is 18.2 Å². The normalized spacial score (nSPS) is 12.8. The van der Waals surface area contributed by atoms with Crippen molar-refractivity contribution in [3.8, 4) is 11.5 Å². The fraction of sp³-hybridized carbons (Fsp3) is 0.400. The van der Waals surface area contributed by atoms with E-state index in [1.54, 1.807) is 6.08 Å². The van der Waals surface area contributed by atoms with Crippen LogP contribution in [0, 0.1) is 0 Å². The zero-order chi connectivity index (χ0) is 14.9. The van der Waals surface area contributed by atoms with Gasteiger partial charge in [0.1, 0.15) is 19.8 Å². The Bertz CT molecular complexity index is 507. The maximum atomic E-state index is 11.5. The predicted octanol–water partition coefficient (Wildman–Crippen LogP) is 1.41. The number of benzene rings is 1. The Kier molecular flexibility index (Phi) is 8.35. The number of ether oxygens (including phenoxy) is 4. The van der Waals surface area contributed by atoms with E-state index in [-0.39, 0.29) is 19.0 Å². The molecule has 2 rings (SSSR count). The largest absolute Gasteiger partial charge is 0.486 e. The Morgan fingerprint density at radius 2 is 1.95 bits per heavy atom. The summed E-state index contributed by atoms with van der Waals surface area (Å²) in [5.41, 5.74) is 6.11. The van der Waals surface area contributed by atoms with Gasteiger partial charge >= 0.3 is 5.97 Å². The average Bonchev–Trinajstić information content (AvgIpc) is 2.52. The van der Waals surface area contributed by atoms with Gasteiger partial charge in [-0.1, -0.05) is 6.07 Å². The minimum absolute atomic E-state index is 0. The molecule has 1 aliphatic heterocycles. The summed E-state index contributed by atoms with van der Waals surface area (Å²) in [5, 5.41) is 0. The van der Waals surface area contributed by atoms with Crippen molar-refractivity contribution >= 4 is 24.5 Å². The summed E-state index contributed by atoms with van der Waals surface area (Å²) in [4.78, 5) is 11.5. The summed E-state index contributed by atoms with van der Waals surface area (Å²) < 4.78 is 21.0. The van der Waals surface area contributed by atoms with Crippen molar-refractivity contribution in [2.24, 2.45) is 5.73 Å². The second-order valence-electron chi connectivity index (χ2n) is 4.30. The standard InChI is InChI=1S/C15H19NO5.ClH/c16-5-6-18-7-8-21-15(17)4-2-12-1-3-13-14(11-12)20-10-9-19-13;/h1-4,11H,5-10,16H2;1H/b4-2+;. The summed E-state index contributed by atoms with van der Waals surface area (Å²) >= 11 is 0. The number of carbonyl (C=O) groups is 1. The fourth-order valence-electron chi connectivity index (χ4n) is 1.76. The molecule has 1 aromatic rings. The zero-order valence-electron chi connectivity index (χ0n) is 12.2. The average molecular weight is 330 g/mol. The summed E-state index contributed by atoms with van der Waals surface area (Å²) in [7, 11) is 0. The van der Waals surface area contributed by atoms with E-state index in [0.717, 1.165) is 11.3 Å². The minimum atomic E-state index is -0.416. The Hall–Kier alpha value is -1.76. The molecule has 1 heterocycles. The number of hydrogen-bond donors (Lipinski definition) is 1. The first-order valence-electron chi connectivity index (χ1n) is 6.82. The molecule has 0 atom stereocenters. The van der Waals surface area contributed by atoms with Gasteiger partial charge in [-0.25, -0.2) is 4.79 Å². The molecule has 6 nitrogen and oxygen atoms in total. The molecule has 0 amide bonds. The highest BCUT2D eigenvalue weighted by molar-refractivity contribution is 5.87. The molecule has 0 spiro atoms. The van der Waals surface area contributed by atoms with Crippen molar-refractivity contribution in [2.45, 2.75) is 0 Å². The number of esters is 1. The number of halogens is 1. The van der Waals surface area contributed by atoms with Gasteiger partial charge in [0.2, 0.25) is 0 Å². The van der Waals surface area contributed by atoms with Crippen LogP contribution in [0.5, 0.6) is 11.5 Å². The molecule has 0 fully saturated rings. The quantitative estimate of drug-likeness (QED) is 0.463. The molecule has 1 aromatic carbocycles. The van der Waals surface area contributed by atoms with Crippen LogP contribution >= 0.6 is 12.4 Å². The van der Waals surface area contributed by atoms with Gasteiger partial charge in [-0.15, -0.1) is 12.4 Å². The third kappa shape index (κ3) is 5.93. The molecule has 0 radical (unpaired) electrons. The van der Waals surface area contributed by atoms with Crippen molar-refractivity contribution in [1.82, 2.24) is 0 Å². The van der Waals surface area contributed by atoms with Crippen LogP contribution in [-0.4, -0.2) is 45.5 Å². The Morgan fingerprint density at radius 1 is 1.18 bits per heavy atom. The Balaban J connectivity index is 0.00000242. The molecule has 2 N–H and O–H groups in total. The van der Waals surface area contributed by atoms with Gasteiger partial charge in [0, 0.05) is 12.6 Å². The Morgan fingerprint density at radius 3 is 2.73 bits per heavy atom. The van der Waals surface area contributed by atoms with Crippen molar-refractivity contribution in [2.75, 3.05) is 39.6 Å². The smallest absolute Gasteiger partial charge is 0.330 e. The van der Waals surface area contributed by atoms with Crippen LogP contribution in [0.25, 0.3) is 6.08 Å². The number of carbonyl (C=O) groups excluding carboxylic acids is 1. The molecule has 1 aliphatic rings. The van der Waals surface area contributed by atoms with Crippen LogP contribution in [0.3, 0.4) is 0 Å². The van der Waals surface area contributed by atoms with E-state index in [9.17, 15) is 4.79 Å². The topological polar surface area (TPSA) is 80.0 Å². The highest BCUT2D eigenvalue weighted by Gasteiger charge is 2.10. The van der Waals surface area contributed by atoms with Crippen LogP contribution < -0.4 is 15.2 Å². The summed E-state index contributed by atoms with van der Waals surface area (Å²) in [5.74, 6) is 0.992. The lowest BCUT2D eigenvalue weighted by Crippen LogP contribution is -2.15. The van der Waals surface area contributed by atoms with Crippen LogP contribution in [0.15, 0.2) is 24.3 Å². The second-order valence-corrected chi connectivity index (χ2v) is 4.30. The molecule has 0 saturated heterocycles. The lowest BCUT2D eigenvalue weighted by molar-refractivity contribution is -0.139. The third-order valence-electron chi connectivity index (χ3n) is 2.71. The number of rotatable bonds is 7. The minimum Gasteiger partial charge on any atom is -0.486 e. The van der Waals surface area contributed by atoms with Crippen LogP contribution in [0.2, 0.25) is 0 Å². The van der Waals surface area contributed by atoms with E-state index in [2.05, 4.69) is 0 Å². The lowest BCUT2D eigenvalue weighted by atomic mass is 10.2. The van der Waals surface area contributed by atoms with Crippen molar-refractivity contribution in [3.05, 3.63) is 29.8 Å². The number of fused-ring (bicyclic) bond motifs is 1. The molecular formula is C15H20ClNO5. The van der Waals surface area contributed by atoms with E-state index >= 15 is 0 Å². The van der Waals surface area contributed by atoms with E-state index in [0.29, 0.717) is 38.7 Å². The Labute approximate surface area is 135 Å². The molecule has 122 valence electrons. The van der Waals surface area contributed by atoms with E-state index < -0.39 is 5.97 Å². The van der Waals surface area contributed by atoms with Gasteiger partial charge in [0.15, 0.2) is 11.5 Å². The monoisotopic (exact) mass is 329 g/mol. The molecule has 0 unspecified atom stereocenters. The van der Waals surface area contributed by atoms with Crippen LogP contribution in [0.4, 0.5) is 0 Å². The van der Waals surface area contributed by atoms with Gasteiger partial charge in [0.25, 0.3) is 0 Å². The summed E-state index contributed by atoms with van der Waals surface area (Å²) in [6.07, 6.45) is 3.04. The molecule has 0 aliphatic carbocycles. The zero-order valence-corrected chi connectivity index (χ0v) is 13.0. The van der Waals surface area contributed by atoms with Gasteiger partial charge < -0.3 is 24.7 Å². The van der Waals surface area contributed by atoms with Gasteiger partial charge in [-0.05, 0) is 23.8 Å². The maximum Gasteiger partial charge on any atom is 0.330 e. The predicted molar refractivity (Wildman–Crippen MR) is 84.5 cm³/mol. The van der Waals surface area contributed by atoms with E-state index in [1.165, 1.54) is 6.08 Å². The maximum absolute atomic E-state index is 11.5. The highest BCUT2D eigenvalue weighted by atomic mass is 35.5. The van der Waals surface area contributed by atoms with Crippen molar-refractivity contribution in [3.63, 3.8) is 0 Å². The van der Waals surface area contributed by atoms with Crippen molar-refractivity contribution < 1.29 is 23.7 Å². The van der Waals surface area contributed by atoms with Crippen molar-refractivity contribution in [1.29, 1.82) is 0 Å². The fourth-order valence-corrected chi connectivity index (χ4v) is 1.76. The SMILES string of the molecule is Cl.NCCOCCOC(=O)/C=C/c1ccc2c(c1)OCCO2. The summed E-state index contributed by atoms with van der Waals surface area (Å²) in [6.45, 7) is 2.57. The van der Waals surface area contributed by atoms with E-state index in [4.69, 9.17) is 24.7 Å². The summed E-state index contributed by atoms with van der Waals surface area (Å²) in [6, 6.07) is 5.49. The molecular weight excluding hydrogens is 310 g/mol. The third-order valence-corrected chi connectivity index (χ3v) is 2.71. The van der Waals surface area contributed by atoms with Gasteiger partial charge in [-0.3, -0.25) is 0 Å². The first-order valence-corrected chi connectivity index (χ1v) is 6.82. The molecule has 0 saturated carbocycles. The first-order chi connectivity index (χ1) is 10.3. The van der Waals surface area contributed by atoms with Gasteiger partial charge in [-0.2, -0.15) is 0 Å². The number of hydrogen-bond acceptors (Lipinski definition) is 6. The molecule has 7 heteroatoms. The van der Waals surface area contributed by atoms with Crippen LogP contribution in [0.1, 0.15) is 5.56 Å². The lowest BCUT2D eigenvalue weighted by Gasteiger charge is -2.18. The van der Waals surface area contributed by atoms with Gasteiger partial charge in [0.05, 0.1) is 13.2 Å². The molecule has 22 heavy (non-hydrogen) atoms. The molecule has 0 aromatic heterocycles. The molecule has 0 bridgehead atoms. The second kappa shape index (κ2) is 10.0. The number of nitrogens with two attached hydrogens (primary N) is 1.